The van der Waals surface area contributed by atoms with Crippen molar-refractivity contribution in [1.82, 2.24) is 5.32 Å². The van der Waals surface area contributed by atoms with Crippen LogP contribution in [0.5, 0.6) is 0 Å². The molecule has 3 rings (SSSR count). The molecular formula is C17H15FN2O3. The minimum Gasteiger partial charge on any atom is -0.457 e. The van der Waals surface area contributed by atoms with Crippen molar-refractivity contribution >= 4 is 23.0 Å². The first-order valence-electron chi connectivity index (χ1n) is 7.36. The van der Waals surface area contributed by atoms with Gasteiger partial charge in [0.1, 0.15) is 28.8 Å². The molecule has 5 nitrogen and oxygen atoms in total. The van der Waals surface area contributed by atoms with Gasteiger partial charge < -0.3 is 14.5 Å². The Labute approximate surface area is 132 Å². The average molecular weight is 314 g/mol. The summed E-state index contributed by atoms with van der Waals surface area (Å²) < 4.78 is 24.1. The van der Waals surface area contributed by atoms with E-state index in [1.807, 2.05) is 6.07 Å². The van der Waals surface area contributed by atoms with Crippen molar-refractivity contribution < 1.29 is 18.3 Å². The van der Waals surface area contributed by atoms with Crippen molar-refractivity contribution in [3.05, 3.63) is 41.4 Å². The number of amides is 1. The second-order valence-corrected chi connectivity index (χ2v) is 5.35. The van der Waals surface area contributed by atoms with E-state index >= 15 is 0 Å². The van der Waals surface area contributed by atoms with Crippen LogP contribution in [0, 0.1) is 17.1 Å². The molecule has 1 fully saturated rings. The predicted molar refractivity (Wildman–Crippen MR) is 81.7 cm³/mol. The van der Waals surface area contributed by atoms with E-state index in [4.69, 9.17) is 14.4 Å². The Morgan fingerprint density at radius 1 is 1.48 bits per heavy atom. The number of rotatable bonds is 4. The van der Waals surface area contributed by atoms with Crippen LogP contribution >= 0.6 is 0 Å². The van der Waals surface area contributed by atoms with E-state index in [2.05, 4.69) is 5.32 Å². The van der Waals surface area contributed by atoms with Crippen LogP contribution in [0.25, 0.3) is 17.0 Å². The van der Waals surface area contributed by atoms with Crippen molar-refractivity contribution in [2.24, 2.45) is 0 Å². The van der Waals surface area contributed by atoms with E-state index < -0.39 is 5.91 Å². The van der Waals surface area contributed by atoms with Gasteiger partial charge in [-0.3, -0.25) is 4.79 Å². The fourth-order valence-electron chi connectivity index (χ4n) is 2.50. The van der Waals surface area contributed by atoms with E-state index in [0.29, 0.717) is 29.9 Å². The van der Waals surface area contributed by atoms with Crippen LogP contribution in [-0.4, -0.2) is 25.2 Å². The fourth-order valence-corrected chi connectivity index (χ4v) is 2.50. The van der Waals surface area contributed by atoms with E-state index in [1.165, 1.54) is 24.3 Å². The number of nitriles is 1. The van der Waals surface area contributed by atoms with E-state index in [1.54, 1.807) is 6.07 Å². The van der Waals surface area contributed by atoms with E-state index in [9.17, 15) is 9.18 Å². The largest absolute Gasteiger partial charge is 0.457 e. The Morgan fingerprint density at radius 3 is 3.09 bits per heavy atom. The average Bonchev–Trinajstić information content (AvgIpc) is 3.18. The summed E-state index contributed by atoms with van der Waals surface area (Å²) in [5.41, 5.74) is 0.428. The number of halogens is 1. The molecule has 1 saturated heterocycles. The Bertz CT molecular complexity index is 798. The Hall–Kier alpha value is -2.65. The van der Waals surface area contributed by atoms with Gasteiger partial charge in [-0.05, 0) is 37.1 Å². The maximum Gasteiger partial charge on any atom is 0.262 e. The first-order chi connectivity index (χ1) is 11.2. The summed E-state index contributed by atoms with van der Waals surface area (Å²) in [7, 11) is 0. The van der Waals surface area contributed by atoms with Crippen LogP contribution in [-0.2, 0) is 9.53 Å². The molecule has 1 aliphatic heterocycles. The van der Waals surface area contributed by atoms with E-state index in [-0.39, 0.29) is 17.5 Å². The third-order valence-corrected chi connectivity index (χ3v) is 3.66. The lowest BCUT2D eigenvalue weighted by atomic mass is 10.2. The second kappa shape index (κ2) is 6.63. The standard InChI is InChI=1S/C17H15FN2O3/c18-13-3-4-16-11(6-13)7-15(23-16)8-12(9-19)17(21)20-10-14-2-1-5-22-14/h3-4,6-8,14H,1-2,5,10H2,(H,20,21)/b12-8-. The minimum atomic E-state index is -0.477. The summed E-state index contributed by atoms with van der Waals surface area (Å²) in [6, 6.07) is 7.57. The van der Waals surface area contributed by atoms with Crippen molar-refractivity contribution in [3.8, 4) is 6.07 Å². The van der Waals surface area contributed by atoms with Crippen LogP contribution in [0.2, 0.25) is 0 Å². The van der Waals surface area contributed by atoms with Gasteiger partial charge in [0, 0.05) is 24.6 Å². The molecular weight excluding hydrogens is 299 g/mol. The quantitative estimate of drug-likeness (QED) is 0.695. The van der Waals surface area contributed by atoms with Gasteiger partial charge in [0.25, 0.3) is 5.91 Å². The van der Waals surface area contributed by atoms with Crippen molar-refractivity contribution in [2.75, 3.05) is 13.2 Å². The van der Waals surface area contributed by atoms with E-state index in [0.717, 1.165) is 12.8 Å². The molecule has 0 bridgehead atoms. The van der Waals surface area contributed by atoms with Crippen LogP contribution in [0.3, 0.4) is 0 Å². The molecule has 0 spiro atoms. The number of ether oxygens (including phenoxy) is 1. The Morgan fingerprint density at radius 2 is 2.35 bits per heavy atom. The number of benzene rings is 1. The van der Waals surface area contributed by atoms with Gasteiger partial charge in [0.15, 0.2) is 0 Å². The molecule has 2 heterocycles. The summed E-state index contributed by atoms with van der Waals surface area (Å²) in [5, 5.41) is 12.4. The molecule has 0 saturated carbocycles. The van der Waals surface area contributed by atoms with Crippen LogP contribution in [0.4, 0.5) is 4.39 Å². The second-order valence-electron chi connectivity index (χ2n) is 5.35. The molecule has 2 aromatic rings. The van der Waals surface area contributed by atoms with Gasteiger partial charge >= 0.3 is 0 Å². The van der Waals surface area contributed by atoms with Gasteiger partial charge in [0.2, 0.25) is 0 Å². The summed E-state index contributed by atoms with van der Waals surface area (Å²) in [6.45, 7) is 1.08. The molecule has 1 N–H and O–H groups in total. The molecule has 23 heavy (non-hydrogen) atoms. The Balaban J connectivity index is 1.73. The Kier molecular flexibility index (Phi) is 4.40. The molecule has 0 aliphatic carbocycles. The highest BCUT2D eigenvalue weighted by atomic mass is 19.1. The van der Waals surface area contributed by atoms with Gasteiger partial charge in [0.05, 0.1) is 6.10 Å². The number of carbonyl (C=O) groups excluding carboxylic acids is 1. The highest BCUT2D eigenvalue weighted by Gasteiger charge is 2.18. The molecule has 118 valence electrons. The van der Waals surface area contributed by atoms with Gasteiger partial charge in [-0.25, -0.2) is 4.39 Å². The summed E-state index contributed by atoms with van der Waals surface area (Å²) in [5.74, 6) is -0.521. The SMILES string of the molecule is N#C/C(=C/c1cc2cc(F)ccc2o1)C(=O)NCC1CCCO1. The highest BCUT2D eigenvalue weighted by Crippen LogP contribution is 2.22. The number of nitrogens with one attached hydrogen (secondary N) is 1. The normalized spacial score (nSPS) is 18.1. The van der Waals surface area contributed by atoms with Gasteiger partial charge in [-0.1, -0.05) is 0 Å². The lowest BCUT2D eigenvalue weighted by Gasteiger charge is -2.09. The van der Waals surface area contributed by atoms with Crippen LogP contribution < -0.4 is 5.32 Å². The molecule has 6 heteroatoms. The molecule has 0 radical (unpaired) electrons. The zero-order valence-electron chi connectivity index (χ0n) is 12.3. The number of nitrogens with zero attached hydrogens (tertiary/aromatic N) is 1. The fraction of sp³-hybridized carbons (Fsp3) is 0.294. The topological polar surface area (TPSA) is 75.3 Å². The maximum absolute atomic E-state index is 13.2. The molecule has 1 atom stereocenters. The van der Waals surface area contributed by atoms with Crippen molar-refractivity contribution in [2.45, 2.75) is 18.9 Å². The smallest absolute Gasteiger partial charge is 0.262 e. The van der Waals surface area contributed by atoms with Crippen LogP contribution in [0.1, 0.15) is 18.6 Å². The lowest BCUT2D eigenvalue weighted by Crippen LogP contribution is -2.32. The minimum absolute atomic E-state index is 0.00747. The monoisotopic (exact) mass is 314 g/mol. The molecule has 1 aliphatic rings. The van der Waals surface area contributed by atoms with Gasteiger partial charge in [-0.15, -0.1) is 0 Å². The molecule has 1 aromatic heterocycles. The number of hydrogen-bond donors (Lipinski definition) is 1. The summed E-state index contributed by atoms with van der Waals surface area (Å²) in [4.78, 5) is 12.0. The first-order valence-corrected chi connectivity index (χ1v) is 7.36. The zero-order chi connectivity index (χ0) is 16.2. The molecule has 1 unspecified atom stereocenters. The number of fused-ring (bicyclic) bond motifs is 1. The first kappa shape index (κ1) is 15.3. The maximum atomic E-state index is 13.2. The third kappa shape index (κ3) is 3.58. The highest BCUT2D eigenvalue weighted by molar-refractivity contribution is 6.01. The van der Waals surface area contributed by atoms with Crippen LogP contribution in [0.15, 0.2) is 34.3 Å². The van der Waals surface area contributed by atoms with Gasteiger partial charge in [-0.2, -0.15) is 5.26 Å². The number of hydrogen-bond acceptors (Lipinski definition) is 4. The summed E-state index contributed by atoms with van der Waals surface area (Å²) in [6.07, 6.45) is 3.24. The van der Waals surface area contributed by atoms with Crippen molar-refractivity contribution in [1.29, 1.82) is 5.26 Å². The third-order valence-electron chi connectivity index (χ3n) is 3.66. The zero-order valence-corrected chi connectivity index (χ0v) is 12.3. The molecule has 1 aromatic carbocycles. The number of furan rings is 1. The van der Waals surface area contributed by atoms with Crippen molar-refractivity contribution in [3.63, 3.8) is 0 Å². The summed E-state index contributed by atoms with van der Waals surface area (Å²) >= 11 is 0. The predicted octanol–water partition coefficient (Wildman–Crippen LogP) is 2.77. The lowest BCUT2D eigenvalue weighted by molar-refractivity contribution is -0.117. The molecule has 1 amide bonds. The number of carbonyl (C=O) groups is 1.